The van der Waals surface area contributed by atoms with Gasteiger partial charge in [0, 0.05) is 17.0 Å². The smallest absolute Gasteiger partial charge is 0.343 e. The van der Waals surface area contributed by atoms with Crippen LogP contribution in [-0.2, 0) is 6.54 Å². The molecule has 2 N–H and O–H groups in total. The molecule has 1 heterocycles. The number of aliphatic hydroxyl groups is 1. The summed E-state index contributed by atoms with van der Waals surface area (Å²) >= 11 is 1.16. The Morgan fingerprint density at radius 3 is 2.95 bits per heavy atom. The molecule has 7 heteroatoms. The standard InChI is InChI=1S/C13H16FN3O2S/c1-3-7-17-12(19)15-16-13(17)20-10-6-4-5-9(14)11(10)8(2)18/h4-6,8,18H,3,7H2,1-2H3,(H,15,19)/t8-/m0/s1. The molecule has 0 amide bonds. The minimum atomic E-state index is -0.927. The van der Waals surface area contributed by atoms with Crippen LogP contribution in [0.25, 0.3) is 0 Å². The molecule has 2 rings (SSSR count). The van der Waals surface area contributed by atoms with Crippen molar-refractivity contribution < 1.29 is 9.50 Å². The van der Waals surface area contributed by atoms with Crippen LogP contribution in [0.2, 0.25) is 0 Å². The Hall–Kier alpha value is -1.60. The summed E-state index contributed by atoms with van der Waals surface area (Å²) in [6, 6.07) is 4.57. The fraction of sp³-hybridized carbons (Fsp3) is 0.385. The molecule has 108 valence electrons. The minimum Gasteiger partial charge on any atom is -0.389 e. The summed E-state index contributed by atoms with van der Waals surface area (Å²) in [7, 11) is 0. The van der Waals surface area contributed by atoms with Crippen molar-refractivity contribution in [3.8, 4) is 0 Å². The monoisotopic (exact) mass is 297 g/mol. The minimum absolute atomic E-state index is 0.219. The van der Waals surface area contributed by atoms with Crippen LogP contribution < -0.4 is 5.69 Å². The van der Waals surface area contributed by atoms with Crippen molar-refractivity contribution in [1.82, 2.24) is 14.8 Å². The molecule has 1 atom stereocenters. The fourth-order valence-corrected chi connectivity index (χ4v) is 3.01. The van der Waals surface area contributed by atoms with E-state index in [0.717, 1.165) is 18.2 Å². The summed E-state index contributed by atoms with van der Waals surface area (Å²) in [5.41, 5.74) is -0.0691. The second-order valence-electron chi connectivity index (χ2n) is 4.39. The van der Waals surface area contributed by atoms with E-state index in [9.17, 15) is 14.3 Å². The maximum absolute atomic E-state index is 13.8. The third-order valence-corrected chi connectivity index (χ3v) is 3.87. The molecule has 0 saturated carbocycles. The highest BCUT2D eigenvalue weighted by atomic mass is 32.2. The largest absolute Gasteiger partial charge is 0.389 e. The van der Waals surface area contributed by atoms with Gasteiger partial charge >= 0.3 is 5.69 Å². The van der Waals surface area contributed by atoms with Gasteiger partial charge in [0.2, 0.25) is 0 Å². The molecule has 2 aromatic rings. The Balaban J connectivity index is 2.40. The molecule has 1 aromatic heterocycles. The molecule has 0 bridgehead atoms. The van der Waals surface area contributed by atoms with Crippen LogP contribution in [0.5, 0.6) is 0 Å². The molecular weight excluding hydrogens is 281 g/mol. The third kappa shape index (κ3) is 2.94. The predicted octanol–water partition coefficient (Wildman–Crippen LogP) is 2.32. The lowest BCUT2D eigenvalue weighted by molar-refractivity contribution is 0.191. The summed E-state index contributed by atoms with van der Waals surface area (Å²) < 4.78 is 15.3. The van der Waals surface area contributed by atoms with E-state index in [0.29, 0.717) is 16.6 Å². The molecule has 0 spiro atoms. The highest BCUT2D eigenvalue weighted by molar-refractivity contribution is 7.99. The lowest BCUT2D eigenvalue weighted by atomic mass is 10.1. The number of nitrogens with one attached hydrogen (secondary N) is 1. The summed E-state index contributed by atoms with van der Waals surface area (Å²) in [6.45, 7) is 4.00. The van der Waals surface area contributed by atoms with E-state index in [1.807, 2.05) is 6.92 Å². The van der Waals surface area contributed by atoms with Crippen molar-refractivity contribution >= 4 is 11.8 Å². The molecule has 0 fully saturated rings. The Bertz CT molecular complexity index is 651. The average Bonchev–Trinajstić information content (AvgIpc) is 2.72. The van der Waals surface area contributed by atoms with Gasteiger partial charge in [-0.05, 0) is 37.2 Å². The zero-order chi connectivity index (χ0) is 14.7. The third-order valence-electron chi connectivity index (χ3n) is 2.80. The Morgan fingerprint density at radius 2 is 2.30 bits per heavy atom. The Kier molecular flexibility index (Phi) is 4.61. The van der Waals surface area contributed by atoms with Crippen LogP contribution >= 0.6 is 11.8 Å². The van der Waals surface area contributed by atoms with Crippen molar-refractivity contribution in [2.75, 3.05) is 0 Å². The van der Waals surface area contributed by atoms with Gasteiger partial charge in [0.25, 0.3) is 0 Å². The topological polar surface area (TPSA) is 70.9 Å². The van der Waals surface area contributed by atoms with Gasteiger partial charge in [-0.25, -0.2) is 14.3 Å². The number of H-pyrrole nitrogens is 1. The normalized spacial score (nSPS) is 12.6. The molecule has 0 aliphatic heterocycles. The molecule has 0 unspecified atom stereocenters. The number of halogens is 1. The number of aliphatic hydroxyl groups excluding tert-OH is 1. The van der Waals surface area contributed by atoms with E-state index < -0.39 is 11.9 Å². The van der Waals surface area contributed by atoms with Crippen molar-refractivity contribution in [3.63, 3.8) is 0 Å². The summed E-state index contributed by atoms with van der Waals surface area (Å²) in [4.78, 5) is 12.2. The summed E-state index contributed by atoms with van der Waals surface area (Å²) in [5.74, 6) is -0.468. The quantitative estimate of drug-likeness (QED) is 0.888. The van der Waals surface area contributed by atoms with Gasteiger partial charge in [-0.2, -0.15) is 0 Å². The fourth-order valence-electron chi connectivity index (χ4n) is 1.91. The van der Waals surface area contributed by atoms with Crippen LogP contribution in [-0.4, -0.2) is 19.9 Å². The summed E-state index contributed by atoms with van der Waals surface area (Å²) in [5, 5.41) is 16.5. The maximum atomic E-state index is 13.8. The number of hydrogen-bond acceptors (Lipinski definition) is 4. The number of aromatic amines is 1. The zero-order valence-corrected chi connectivity index (χ0v) is 12.1. The van der Waals surface area contributed by atoms with Crippen molar-refractivity contribution in [2.45, 2.75) is 43.0 Å². The molecule has 5 nitrogen and oxygen atoms in total. The van der Waals surface area contributed by atoms with Gasteiger partial charge in [0.1, 0.15) is 5.82 Å². The molecular formula is C13H16FN3O2S. The van der Waals surface area contributed by atoms with E-state index in [4.69, 9.17) is 0 Å². The van der Waals surface area contributed by atoms with Gasteiger partial charge < -0.3 is 5.11 Å². The lowest BCUT2D eigenvalue weighted by Gasteiger charge is -2.12. The van der Waals surface area contributed by atoms with E-state index in [1.165, 1.54) is 17.6 Å². The molecule has 0 saturated heterocycles. The number of aromatic nitrogens is 3. The lowest BCUT2D eigenvalue weighted by Crippen LogP contribution is -2.17. The van der Waals surface area contributed by atoms with Crippen molar-refractivity contribution in [3.05, 3.63) is 40.1 Å². The number of benzene rings is 1. The Morgan fingerprint density at radius 1 is 1.55 bits per heavy atom. The van der Waals surface area contributed by atoms with E-state index in [-0.39, 0.29) is 11.3 Å². The maximum Gasteiger partial charge on any atom is 0.343 e. The van der Waals surface area contributed by atoms with E-state index in [2.05, 4.69) is 10.2 Å². The van der Waals surface area contributed by atoms with Crippen molar-refractivity contribution in [1.29, 1.82) is 0 Å². The second-order valence-corrected chi connectivity index (χ2v) is 5.40. The first kappa shape index (κ1) is 14.8. The van der Waals surface area contributed by atoms with Crippen LogP contribution in [0.15, 0.2) is 33.0 Å². The SMILES string of the molecule is CCCn1c(Sc2cccc(F)c2[C@H](C)O)n[nH]c1=O. The highest BCUT2D eigenvalue weighted by Crippen LogP contribution is 2.33. The zero-order valence-electron chi connectivity index (χ0n) is 11.3. The van der Waals surface area contributed by atoms with Crippen LogP contribution in [0.1, 0.15) is 31.9 Å². The number of rotatable bonds is 5. The highest BCUT2D eigenvalue weighted by Gasteiger charge is 2.17. The first-order chi connectivity index (χ1) is 9.54. The average molecular weight is 297 g/mol. The number of hydrogen-bond donors (Lipinski definition) is 2. The molecule has 1 aromatic carbocycles. The summed E-state index contributed by atoms with van der Waals surface area (Å²) in [6.07, 6.45) is -0.136. The second kappa shape index (κ2) is 6.23. The predicted molar refractivity (Wildman–Crippen MR) is 74.3 cm³/mol. The first-order valence-corrected chi connectivity index (χ1v) is 7.15. The van der Waals surface area contributed by atoms with E-state index in [1.54, 1.807) is 12.1 Å². The van der Waals surface area contributed by atoms with Crippen LogP contribution in [0, 0.1) is 5.82 Å². The van der Waals surface area contributed by atoms with Crippen LogP contribution in [0.4, 0.5) is 4.39 Å². The molecule has 0 aliphatic carbocycles. The molecule has 0 aliphatic rings. The van der Waals surface area contributed by atoms with Gasteiger partial charge in [-0.3, -0.25) is 4.57 Å². The molecule has 20 heavy (non-hydrogen) atoms. The van der Waals surface area contributed by atoms with Crippen LogP contribution in [0.3, 0.4) is 0 Å². The van der Waals surface area contributed by atoms with Gasteiger partial charge in [-0.15, -0.1) is 5.10 Å². The van der Waals surface area contributed by atoms with Gasteiger partial charge in [-0.1, -0.05) is 13.0 Å². The number of nitrogens with zero attached hydrogens (tertiary/aromatic N) is 2. The molecule has 0 radical (unpaired) electrons. The van der Waals surface area contributed by atoms with Gasteiger partial charge in [0.05, 0.1) is 6.10 Å². The first-order valence-electron chi connectivity index (χ1n) is 6.34. The van der Waals surface area contributed by atoms with Crippen molar-refractivity contribution in [2.24, 2.45) is 0 Å². The Labute approximate surface area is 119 Å². The van der Waals surface area contributed by atoms with Gasteiger partial charge in [0.15, 0.2) is 5.16 Å². The van der Waals surface area contributed by atoms with E-state index >= 15 is 0 Å².